The molecule has 108 valence electrons. The maximum atomic E-state index is 11.7. The van der Waals surface area contributed by atoms with Crippen molar-refractivity contribution in [1.29, 1.82) is 0 Å². The smallest absolute Gasteiger partial charge is 0.337 e. The van der Waals surface area contributed by atoms with E-state index in [1.54, 1.807) is 14.1 Å². The lowest BCUT2D eigenvalue weighted by Gasteiger charge is -2.13. The van der Waals surface area contributed by atoms with E-state index in [9.17, 15) is 14.4 Å². The lowest BCUT2D eigenvalue weighted by Crippen LogP contribution is -2.27. The normalized spacial score (nSPS) is 9.60. The molecule has 1 aromatic carbocycles. The van der Waals surface area contributed by atoms with Crippen molar-refractivity contribution >= 4 is 23.6 Å². The third kappa shape index (κ3) is 3.71. The number of amides is 3. The fraction of sp³-hybridized carbons (Fsp3) is 0.308. The molecule has 0 atom stereocenters. The van der Waals surface area contributed by atoms with Crippen LogP contribution in [0.1, 0.15) is 20.7 Å². The lowest BCUT2D eigenvalue weighted by atomic mass is 10.1. The first-order valence-corrected chi connectivity index (χ1v) is 5.82. The van der Waals surface area contributed by atoms with Crippen LogP contribution in [-0.2, 0) is 4.74 Å². The highest BCUT2D eigenvalue weighted by Crippen LogP contribution is 2.16. The van der Waals surface area contributed by atoms with Crippen LogP contribution < -0.4 is 10.6 Å². The Hall–Kier alpha value is -2.57. The standard InChI is InChI=1S/C13H17N3O4/c1-14-11(17)8-5-9(12(18)20-4)7-10(6-8)15-13(19)16(2)3/h5-7H,1-4H3,(H,14,17)(H,15,19). The van der Waals surface area contributed by atoms with Crippen LogP contribution in [0.5, 0.6) is 0 Å². The first-order valence-electron chi connectivity index (χ1n) is 5.82. The van der Waals surface area contributed by atoms with E-state index < -0.39 is 5.97 Å². The second-order valence-corrected chi connectivity index (χ2v) is 4.19. The number of carbonyl (C=O) groups is 3. The fourth-order valence-corrected chi connectivity index (χ4v) is 1.45. The first kappa shape index (κ1) is 15.5. The average molecular weight is 279 g/mol. The Morgan fingerprint density at radius 2 is 1.70 bits per heavy atom. The number of hydrogen-bond acceptors (Lipinski definition) is 4. The predicted molar refractivity (Wildman–Crippen MR) is 73.9 cm³/mol. The molecule has 0 saturated heterocycles. The molecule has 20 heavy (non-hydrogen) atoms. The second-order valence-electron chi connectivity index (χ2n) is 4.19. The summed E-state index contributed by atoms with van der Waals surface area (Å²) in [7, 11) is 5.89. The van der Waals surface area contributed by atoms with Crippen LogP contribution in [0.4, 0.5) is 10.5 Å². The highest BCUT2D eigenvalue weighted by molar-refractivity contribution is 6.00. The van der Waals surface area contributed by atoms with Crippen LogP contribution in [-0.4, -0.2) is 51.1 Å². The van der Waals surface area contributed by atoms with Gasteiger partial charge >= 0.3 is 12.0 Å². The summed E-state index contributed by atoms with van der Waals surface area (Å²) in [6.07, 6.45) is 0. The third-order valence-electron chi connectivity index (χ3n) is 2.50. The molecule has 3 amide bonds. The van der Waals surface area contributed by atoms with Gasteiger partial charge in [-0.05, 0) is 18.2 Å². The Bertz CT molecular complexity index is 506. The predicted octanol–water partition coefficient (Wildman–Crippen LogP) is 0.926. The minimum absolute atomic E-state index is 0.183. The molecule has 0 fully saturated rings. The molecular formula is C13H17N3O4. The Morgan fingerprint density at radius 3 is 2.20 bits per heavy atom. The number of esters is 1. The van der Waals surface area contributed by atoms with Crippen LogP contribution >= 0.6 is 0 Å². The summed E-state index contributed by atoms with van der Waals surface area (Å²) in [6.45, 7) is 0. The van der Waals surface area contributed by atoms with Gasteiger partial charge in [-0.25, -0.2) is 9.59 Å². The molecule has 0 saturated carbocycles. The zero-order chi connectivity index (χ0) is 15.3. The molecular weight excluding hydrogens is 262 g/mol. The van der Waals surface area contributed by atoms with Crippen LogP contribution in [0.25, 0.3) is 0 Å². The topological polar surface area (TPSA) is 87.7 Å². The van der Waals surface area contributed by atoms with E-state index in [-0.39, 0.29) is 23.1 Å². The third-order valence-corrected chi connectivity index (χ3v) is 2.50. The highest BCUT2D eigenvalue weighted by Gasteiger charge is 2.14. The molecule has 0 aliphatic heterocycles. The van der Waals surface area contributed by atoms with Crippen LogP contribution in [0.2, 0.25) is 0 Å². The molecule has 0 radical (unpaired) electrons. The van der Waals surface area contributed by atoms with Crippen LogP contribution in [0.3, 0.4) is 0 Å². The molecule has 7 heteroatoms. The molecule has 0 aromatic heterocycles. The number of nitrogens with zero attached hydrogens (tertiary/aromatic N) is 1. The highest BCUT2D eigenvalue weighted by atomic mass is 16.5. The fourth-order valence-electron chi connectivity index (χ4n) is 1.45. The number of hydrogen-bond donors (Lipinski definition) is 2. The number of carbonyl (C=O) groups excluding carboxylic acids is 3. The number of methoxy groups -OCH3 is 1. The van der Waals surface area contributed by atoms with Gasteiger partial charge in [-0.1, -0.05) is 0 Å². The van der Waals surface area contributed by atoms with Gasteiger partial charge in [0.25, 0.3) is 5.91 Å². The van der Waals surface area contributed by atoms with Crippen molar-refractivity contribution in [3.63, 3.8) is 0 Å². The number of rotatable bonds is 3. The minimum Gasteiger partial charge on any atom is -0.465 e. The molecule has 2 N–H and O–H groups in total. The second kappa shape index (κ2) is 6.55. The summed E-state index contributed by atoms with van der Waals surface area (Å²) in [5.74, 6) is -0.952. The van der Waals surface area contributed by atoms with Gasteiger partial charge < -0.3 is 20.3 Å². The van der Waals surface area contributed by atoms with Crippen LogP contribution in [0, 0.1) is 0 Å². The maximum Gasteiger partial charge on any atom is 0.337 e. The Labute approximate surface area is 116 Å². The number of anilines is 1. The van der Waals surface area contributed by atoms with E-state index in [4.69, 9.17) is 0 Å². The maximum absolute atomic E-state index is 11.7. The Morgan fingerprint density at radius 1 is 1.10 bits per heavy atom. The summed E-state index contributed by atoms with van der Waals surface area (Å²) in [4.78, 5) is 36.2. The van der Waals surface area contributed by atoms with Crippen molar-refractivity contribution in [3.8, 4) is 0 Å². The summed E-state index contributed by atoms with van der Waals surface area (Å²) in [5.41, 5.74) is 0.775. The summed E-state index contributed by atoms with van der Waals surface area (Å²) in [6, 6.07) is 3.96. The molecule has 0 aliphatic rings. The largest absolute Gasteiger partial charge is 0.465 e. The molecule has 1 aromatic rings. The van der Waals surface area contributed by atoms with Gasteiger partial charge in [0.15, 0.2) is 0 Å². The summed E-state index contributed by atoms with van der Waals surface area (Å²) >= 11 is 0. The Kier molecular flexibility index (Phi) is 5.08. The van der Waals surface area contributed by atoms with E-state index in [1.165, 1.54) is 37.3 Å². The van der Waals surface area contributed by atoms with Gasteiger partial charge in [0, 0.05) is 32.4 Å². The molecule has 0 aliphatic carbocycles. The zero-order valence-corrected chi connectivity index (χ0v) is 11.8. The van der Waals surface area contributed by atoms with Gasteiger partial charge in [-0.2, -0.15) is 0 Å². The number of urea groups is 1. The number of benzene rings is 1. The molecule has 0 bridgehead atoms. The Balaban J connectivity index is 3.19. The van der Waals surface area contributed by atoms with E-state index in [0.717, 1.165) is 0 Å². The van der Waals surface area contributed by atoms with Gasteiger partial charge in [0.2, 0.25) is 0 Å². The number of ether oxygens (including phenoxy) is 1. The first-order chi connectivity index (χ1) is 9.38. The average Bonchev–Trinajstić information content (AvgIpc) is 2.44. The molecule has 1 rings (SSSR count). The summed E-state index contributed by atoms with van der Waals surface area (Å²) < 4.78 is 4.62. The van der Waals surface area contributed by atoms with Gasteiger partial charge in [-0.15, -0.1) is 0 Å². The van der Waals surface area contributed by atoms with Crippen molar-refractivity contribution in [3.05, 3.63) is 29.3 Å². The molecule has 7 nitrogen and oxygen atoms in total. The van der Waals surface area contributed by atoms with E-state index in [1.807, 2.05) is 0 Å². The van der Waals surface area contributed by atoms with Crippen molar-refractivity contribution in [2.45, 2.75) is 0 Å². The van der Waals surface area contributed by atoms with E-state index in [0.29, 0.717) is 5.69 Å². The van der Waals surface area contributed by atoms with Crippen LogP contribution in [0.15, 0.2) is 18.2 Å². The zero-order valence-electron chi connectivity index (χ0n) is 11.8. The van der Waals surface area contributed by atoms with E-state index in [2.05, 4.69) is 15.4 Å². The number of nitrogens with one attached hydrogen (secondary N) is 2. The lowest BCUT2D eigenvalue weighted by molar-refractivity contribution is 0.0600. The minimum atomic E-state index is -0.587. The van der Waals surface area contributed by atoms with Crippen molar-refractivity contribution in [2.24, 2.45) is 0 Å². The van der Waals surface area contributed by atoms with Gasteiger partial charge in [0.1, 0.15) is 0 Å². The SMILES string of the molecule is CNC(=O)c1cc(NC(=O)N(C)C)cc(C(=O)OC)c1. The molecule has 0 spiro atoms. The quantitative estimate of drug-likeness (QED) is 0.806. The summed E-state index contributed by atoms with van der Waals surface area (Å²) in [5, 5.41) is 5.03. The van der Waals surface area contributed by atoms with Crippen molar-refractivity contribution in [1.82, 2.24) is 10.2 Å². The van der Waals surface area contributed by atoms with Crippen molar-refractivity contribution in [2.75, 3.05) is 33.6 Å². The van der Waals surface area contributed by atoms with Crippen molar-refractivity contribution < 1.29 is 19.1 Å². The molecule has 0 unspecified atom stereocenters. The van der Waals surface area contributed by atoms with Gasteiger partial charge in [-0.3, -0.25) is 4.79 Å². The molecule has 0 heterocycles. The monoisotopic (exact) mass is 279 g/mol. The van der Waals surface area contributed by atoms with E-state index >= 15 is 0 Å². The van der Waals surface area contributed by atoms with Gasteiger partial charge in [0.05, 0.1) is 12.7 Å².